The lowest BCUT2D eigenvalue weighted by Crippen LogP contribution is -2.38. The Bertz CT molecular complexity index is 574. The molecule has 1 aliphatic heterocycles. The van der Waals surface area contributed by atoms with E-state index in [4.69, 9.17) is 4.74 Å². The summed E-state index contributed by atoms with van der Waals surface area (Å²) in [6, 6.07) is 5.25. The molecule has 0 bridgehead atoms. The lowest BCUT2D eigenvalue weighted by Gasteiger charge is -2.25. The Hall–Kier alpha value is -2.17. The highest BCUT2D eigenvalue weighted by molar-refractivity contribution is 6.39. The largest absolute Gasteiger partial charge is 0.491 e. The maximum Gasteiger partial charge on any atom is 0.375 e. The van der Waals surface area contributed by atoms with Crippen molar-refractivity contribution in [3.8, 4) is 5.75 Å². The fraction of sp³-hybridized carbons (Fsp3) is 0.400. The van der Waals surface area contributed by atoms with Crippen molar-refractivity contribution in [2.45, 2.75) is 19.8 Å². The van der Waals surface area contributed by atoms with E-state index in [2.05, 4.69) is 4.74 Å². The van der Waals surface area contributed by atoms with Crippen LogP contribution in [0.25, 0.3) is 0 Å². The van der Waals surface area contributed by atoms with Gasteiger partial charge in [-0.3, -0.25) is 9.59 Å². The van der Waals surface area contributed by atoms with Crippen molar-refractivity contribution >= 4 is 17.5 Å². The zero-order chi connectivity index (χ0) is 14.9. The molecule has 0 amide bonds. The number of carbonyl (C=O) groups excluding carboxylic acids is 3. The van der Waals surface area contributed by atoms with Gasteiger partial charge in [0.1, 0.15) is 18.3 Å². The first-order valence-corrected chi connectivity index (χ1v) is 6.39. The molecule has 0 N–H and O–H groups in total. The predicted molar refractivity (Wildman–Crippen MR) is 70.9 cm³/mol. The molecule has 20 heavy (non-hydrogen) atoms. The number of fused-ring (bicyclic) bond motifs is 1. The first-order valence-electron chi connectivity index (χ1n) is 6.39. The smallest absolute Gasteiger partial charge is 0.375 e. The molecular formula is C15H16O5. The van der Waals surface area contributed by atoms with Crippen LogP contribution in [0.2, 0.25) is 0 Å². The molecule has 1 aliphatic rings. The number of ketones is 2. The number of hydrogen-bond donors (Lipinski definition) is 0. The number of esters is 1. The molecule has 1 heterocycles. The highest BCUT2D eigenvalue weighted by Crippen LogP contribution is 2.35. The molecule has 0 aromatic heterocycles. The van der Waals surface area contributed by atoms with Gasteiger partial charge in [-0.2, -0.15) is 0 Å². The minimum atomic E-state index is -1.11. The number of ether oxygens (including phenoxy) is 2. The van der Waals surface area contributed by atoms with Gasteiger partial charge in [0.05, 0.1) is 12.7 Å². The molecule has 1 atom stereocenters. The highest BCUT2D eigenvalue weighted by atomic mass is 16.5. The quantitative estimate of drug-likeness (QED) is 0.478. The average molecular weight is 276 g/mol. The van der Waals surface area contributed by atoms with Gasteiger partial charge in [-0.05, 0) is 17.5 Å². The van der Waals surface area contributed by atoms with E-state index in [1.54, 1.807) is 12.1 Å². The van der Waals surface area contributed by atoms with Crippen molar-refractivity contribution in [3.63, 3.8) is 0 Å². The van der Waals surface area contributed by atoms with E-state index in [1.165, 1.54) is 0 Å². The third kappa shape index (κ3) is 2.31. The number of para-hydroxylation sites is 1. The number of hydrogen-bond acceptors (Lipinski definition) is 5. The molecule has 5 heteroatoms. The molecule has 0 spiro atoms. The molecule has 2 rings (SSSR count). The van der Waals surface area contributed by atoms with E-state index in [1.807, 2.05) is 19.9 Å². The normalized spacial score (nSPS) is 17.4. The standard InChI is InChI=1S/C15H16O5/c1-8(2)9-5-4-6-10-12(16)11(7-20-14(9)10)13(17)15(18)19-3/h4-6,8,11H,7H2,1-3H3. The van der Waals surface area contributed by atoms with Crippen LogP contribution in [0.1, 0.15) is 35.7 Å². The lowest BCUT2D eigenvalue weighted by molar-refractivity contribution is -0.153. The average Bonchev–Trinajstić information content (AvgIpc) is 2.45. The van der Waals surface area contributed by atoms with Crippen molar-refractivity contribution < 1.29 is 23.9 Å². The van der Waals surface area contributed by atoms with Gasteiger partial charge in [0.15, 0.2) is 5.78 Å². The lowest BCUT2D eigenvalue weighted by atomic mass is 9.88. The summed E-state index contributed by atoms with van der Waals surface area (Å²) in [5.74, 6) is -2.66. The molecule has 1 aromatic rings. The molecule has 0 saturated heterocycles. The van der Waals surface area contributed by atoms with Gasteiger partial charge in [0.2, 0.25) is 0 Å². The number of carbonyl (C=O) groups is 3. The third-order valence-electron chi connectivity index (χ3n) is 3.35. The van der Waals surface area contributed by atoms with Crippen molar-refractivity contribution in [3.05, 3.63) is 29.3 Å². The third-order valence-corrected chi connectivity index (χ3v) is 3.35. The van der Waals surface area contributed by atoms with Gasteiger partial charge in [-0.1, -0.05) is 26.0 Å². The first-order chi connectivity index (χ1) is 9.47. The summed E-state index contributed by atoms with van der Waals surface area (Å²) in [5.41, 5.74) is 1.27. The molecule has 5 nitrogen and oxygen atoms in total. The summed E-state index contributed by atoms with van der Waals surface area (Å²) >= 11 is 0. The van der Waals surface area contributed by atoms with Gasteiger partial charge in [0, 0.05) is 0 Å². The van der Waals surface area contributed by atoms with E-state index in [-0.39, 0.29) is 18.3 Å². The number of rotatable bonds is 3. The Morgan fingerprint density at radius 3 is 2.65 bits per heavy atom. The molecule has 0 fully saturated rings. The molecule has 0 radical (unpaired) electrons. The summed E-state index contributed by atoms with van der Waals surface area (Å²) in [5, 5.41) is 0. The molecule has 1 unspecified atom stereocenters. The van der Waals surface area contributed by atoms with E-state index in [0.29, 0.717) is 11.3 Å². The summed E-state index contributed by atoms with van der Waals surface area (Å²) in [6.07, 6.45) is 0. The van der Waals surface area contributed by atoms with Crippen LogP contribution in [-0.4, -0.2) is 31.3 Å². The number of benzene rings is 1. The summed E-state index contributed by atoms with van der Waals surface area (Å²) < 4.78 is 9.93. The van der Waals surface area contributed by atoms with Crippen LogP contribution >= 0.6 is 0 Å². The van der Waals surface area contributed by atoms with Crippen molar-refractivity contribution in [2.75, 3.05) is 13.7 Å². The molecule has 0 saturated carbocycles. The van der Waals surface area contributed by atoms with Gasteiger partial charge in [-0.25, -0.2) is 4.79 Å². The van der Waals surface area contributed by atoms with Gasteiger partial charge in [-0.15, -0.1) is 0 Å². The maximum atomic E-state index is 12.3. The van der Waals surface area contributed by atoms with Gasteiger partial charge >= 0.3 is 5.97 Å². The fourth-order valence-electron chi connectivity index (χ4n) is 2.23. The van der Waals surface area contributed by atoms with Crippen LogP contribution in [0.15, 0.2) is 18.2 Å². The first kappa shape index (κ1) is 14.2. The number of Topliss-reactive ketones (excluding diaryl/α,β-unsaturated/α-hetero) is 2. The fourth-order valence-corrected chi connectivity index (χ4v) is 2.23. The monoisotopic (exact) mass is 276 g/mol. The van der Waals surface area contributed by atoms with E-state index in [0.717, 1.165) is 12.7 Å². The summed E-state index contributed by atoms with van der Waals surface area (Å²) in [4.78, 5) is 35.4. The Morgan fingerprint density at radius 1 is 1.35 bits per heavy atom. The molecule has 106 valence electrons. The molecule has 1 aromatic carbocycles. The van der Waals surface area contributed by atoms with Crippen LogP contribution in [0.5, 0.6) is 5.75 Å². The van der Waals surface area contributed by atoms with Crippen LogP contribution in [0.3, 0.4) is 0 Å². The Balaban J connectivity index is 2.38. The zero-order valence-corrected chi connectivity index (χ0v) is 11.6. The van der Waals surface area contributed by atoms with Gasteiger partial charge in [0.25, 0.3) is 5.78 Å². The second-order valence-electron chi connectivity index (χ2n) is 4.96. The SMILES string of the molecule is COC(=O)C(=O)C1COc2c(cccc2C(C)C)C1=O. The highest BCUT2D eigenvalue weighted by Gasteiger charge is 2.38. The minimum Gasteiger partial charge on any atom is -0.491 e. The van der Waals surface area contributed by atoms with E-state index < -0.39 is 17.7 Å². The summed E-state index contributed by atoms with van der Waals surface area (Å²) in [7, 11) is 1.11. The van der Waals surface area contributed by atoms with E-state index >= 15 is 0 Å². The Labute approximate surface area is 116 Å². The van der Waals surface area contributed by atoms with Crippen LogP contribution in [0, 0.1) is 5.92 Å². The van der Waals surface area contributed by atoms with Crippen molar-refractivity contribution in [2.24, 2.45) is 5.92 Å². The molecular weight excluding hydrogens is 260 g/mol. The topological polar surface area (TPSA) is 69.7 Å². The number of methoxy groups -OCH3 is 1. The predicted octanol–water partition coefficient (Wildman–Crippen LogP) is 1.74. The second kappa shape index (κ2) is 5.45. The zero-order valence-electron chi connectivity index (χ0n) is 11.6. The molecule has 0 aliphatic carbocycles. The van der Waals surface area contributed by atoms with E-state index in [9.17, 15) is 14.4 Å². The second-order valence-corrected chi connectivity index (χ2v) is 4.96. The van der Waals surface area contributed by atoms with Crippen LogP contribution < -0.4 is 4.74 Å². The maximum absolute atomic E-state index is 12.3. The van der Waals surface area contributed by atoms with Crippen molar-refractivity contribution in [1.29, 1.82) is 0 Å². The minimum absolute atomic E-state index is 0.122. The van der Waals surface area contributed by atoms with Crippen LogP contribution in [0.4, 0.5) is 0 Å². The Morgan fingerprint density at radius 2 is 2.05 bits per heavy atom. The summed E-state index contributed by atoms with van der Waals surface area (Å²) in [6.45, 7) is 3.87. The van der Waals surface area contributed by atoms with Crippen molar-refractivity contribution in [1.82, 2.24) is 0 Å². The Kier molecular flexibility index (Phi) is 3.88. The van der Waals surface area contributed by atoms with Gasteiger partial charge < -0.3 is 9.47 Å². The van der Waals surface area contributed by atoms with Crippen LogP contribution in [-0.2, 0) is 14.3 Å².